The molecule has 0 radical (unpaired) electrons. The van der Waals surface area contributed by atoms with E-state index in [9.17, 15) is 13.2 Å². The van der Waals surface area contributed by atoms with E-state index < -0.39 is 11.7 Å². The molecule has 2 nitrogen and oxygen atoms in total. The fraction of sp³-hybridized carbons (Fsp3) is 0.600. The molecule has 1 aliphatic rings. The summed E-state index contributed by atoms with van der Waals surface area (Å²) in [6.07, 6.45) is -2.76. The summed E-state index contributed by atoms with van der Waals surface area (Å²) in [5, 5.41) is 0. The Hall–Kier alpha value is -1.23. The maximum Gasteiger partial charge on any atom is 0.418 e. The smallest absolute Gasteiger partial charge is 0.374 e. The summed E-state index contributed by atoms with van der Waals surface area (Å²) in [7, 11) is 1.73. The molecule has 0 aliphatic heterocycles. The Morgan fingerprint density at radius 2 is 2.00 bits per heavy atom. The summed E-state index contributed by atoms with van der Waals surface area (Å²) in [6.45, 7) is 3.17. The third-order valence-corrected chi connectivity index (χ3v) is 4.00. The molecule has 1 aromatic rings. The van der Waals surface area contributed by atoms with Crippen LogP contribution in [0.15, 0.2) is 18.2 Å². The van der Waals surface area contributed by atoms with Gasteiger partial charge in [0.25, 0.3) is 0 Å². The Morgan fingerprint density at radius 3 is 2.50 bits per heavy atom. The topological polar surface area (TPSA) is 29.3 Å². The molecule has 112 valence electrons. The third-order valence-electron chi connectivity index (χ3n) is 4.00. The van der Waals surface area contributed by atoms with Crippen LogP contribution in [0, 0.1) is 11.8 Å². The first-order valence-electron chi connectivity index (χ1n) is 6.94. The molecule has 2 unspecified atom stereocenters. The van der Waals surface area contributed by atoms with E-state index in [2.05, 4.69) is 6.92 Å². The molecule has 20 heavy (non-hydrogen) atoms. The van der Waals surface area contributed by atoms with Gasteiger partial charge in [-0.15, -0.1) is 0 Å². The molecule has 0 heterocycles. The van der Waals surface area contributed by atoms with Gasteiger partial charge in [-0.25, -0.2) is 0 Å². The van der Waals surface area contributed by atoms with Gasteiger partial charge in [0.1, 0.15) is 0 Å². The second kappa shape index (κ2) is 5.64. The Bertz CT molecular complexity index is 471. The summed E-state index contributed by atoms with van der Waals surface area (Å²) in [6, 6.07) is 4.54. The number of benzene rings is 1. The van der Waals surface area contributed by atoms with Crippen molar-refractivity contribution < 1.29 is 13.2 Å². The Balaban J connectivity index is 2.26. The zero-order valence-corrected chi connectivity index (χ0v) is 11.9. The second-order valence-corrected chi connectivity index (χ2v) is 5.74. The number of alkyl halides is 3. The molecule has 0 bridgehead atoms. The summed E-state index contributed by atoms with van der Waals surface area (Å²) >= 11 is 0. The summed E-state index contributed by atoms with van der Waals surface area (Å²) in [5.74, 6) is 1.15. The average Bonchev–Trinajstić information content (AvgIpc) is 3.04. The molecule has 2 atom stereocenters. The van der Waals surface area contributed by atoms with Crippen LogP contribution in [0.4, 0.5) is 18.9 Å². The lowest BCUT2D eigenvalue weighted by Gasteiger charge is -2.24. The van der Waals surface area contributed by atoms with Gasteiger partial charge in [0.05, 0.1) is 5.56 Å². The molecule has 2 N–H and O–H groups in total. The van der Waals surface area contributed by atoms with Gasteiger partial charge in [0, 0.05) is 19.3 Å². The average molecular weight is 286 g/mol. The van der Waals surface area contributed by atoms with Crippen LogP contribution in [0.3, 0.4) is 0 Å². The van der Waals surface area contributed by atoms with Gasteiger partial charge in [-0.3, -0.25) is 0 Å². The largest absolute Gasteiger partial charge is 0.418 e. The quantitative estimate of drug-likeness (QED) is 0.900. The molecule has 0 aromatic heterocycles. The van der Waals surface area contributed by atoms with E-state index >= 15 is 0 Å². The molecule has 0 amide bonds. The molecule has 5 heteroatoms. The molecule has 1 saturated carbocycles. The number of nitrogens with zero attached hydrogens (tertiary/aromatic N) is 1. The summed E-state index contributed by atoms with van der Waals surface area (Å²) in [5.41, 5.74) is 5.76. The number of nitrogens with two attached hydrogens (primary N) is 1. The lowest BCUT2D eigenvalue weighted by atomic mass is 10.0. The van der Waals surface area contributed by atoms with Crippen molar-refractivity contribution in [1.29, 1.82) is 0 Å². The number of rotatable bonds is 5. The van der Waals surface area contributed by atoms with Gasteiger partial charge in [-0.2, -0.15) is 13.2 Å². The van der Waals surface area contributed by atoms with Crippen molar-refractivity contribution in [2.24, 2.45) is 17.6 Å². The number of hydrogen-bond acceptors (Lipinski definition) is 2. The van der Waals surface area contributed by atoms with E-state index in [0.29, 0.717) is 36.9 Å². The van der Waals surface area contributed by atoms with E-state index in [1.165, 1.54) is 6.07 Å². The maximum absolute atomic E-state index is 13.2. The van der Waals surface area contributed by atoms with Gasteiger partial charge in [0.2, 0.25) is 0 Å². The normalized spacial score (nSPS) is 21.9. The van der Waals surface area contributed by atoms with Crippen LogP contribution in [-0.4, -0.2) is 20.1 Å². The van der Waals surface area contributed by atoms with Gasteiger partial charge >= 0.3 is 6.18 Å². The first kappa shape index (κ1) is 15.2. The van der Waals surface area contributed by atoms with Crippen molar-refractivity contribution in [1.82, 2.24) is 0 Å². The van der Waals surface area contributed by atoms with Crippen LogP contribution >= 0.6 is 0 Å². The highest BCUT2D eigenvalue weighted by Crippen LogP contribution is 2.41. The lowest BCUT2D eigenvalue weighted by molar-refractivity contribution is -0.137. The first-order valence-corrected chi connectivity index (χ1v) is 6.94. The van der Waals surface area contributed by atoms with Crippen LogP contribution in [0.2, 0.25) is 0 Å². The predicted molar refractivity (Wildman–Crippen MR) is 74.7 cm³/mol. The Kier molecular flexibility index (Phi) is 4.28. The minimum atomic E-state index is -4.33. The van der Waals surface area contributed by atoms with Crippen molar-refractivity contribution in [3.05, 3.63) is 29.3 Å². The van der Waals surface area contributed by atoms with Gasteiger partial charge in [-0.1, -0.05) is 13.0 Å². The van der Waals surface area contributed by atoms with Crippen molar-refractivity contribution in [2.75, 3.05) is 25.0 Å². The second-order valence-electron chi connectivity index (χ2n) is 5.74. The maximum atomic E-state index is 13.2. The summed E-state index contributed by atoms with van der Waals surface area (Å²) < 4.78 is 39.6. The van der Waals surface area contributed by atoms with Crippen LogP contribution < -0.4 is 10.6 Å². The number of hydrogen-bond donors (Lipinski definition) is 1. The van der Waals surface area contributed by atoms with Gasteiger partial charge in [0.15, 0.2) is 0 Å². The Labute approximate surface area is 117 Å². The molecule has 2 rings (SSSR count). The molecule has 1 fully saturated rings. The molecule has 0 spiro atoms. The molecular formula is C15H21F3N2. The highest BCUT2D eigenvalue weighted by Gasteiger charge is 2.37. The van der Waals surface area contributed by atoms with E-state index in [4.69, 9.17) is 5.73 Å². The number of halogens is 3. The lowest BCUT2D eigenvalue weighted by Crippen LogP contribution is -2.24. The van der Waals surface area contributed by atoms with E-state index in [1.807, 2.05) is 0 Å². The standard InChI is InChI=1S/C15H21F3N2/c1-10-7-12(10)9-20(2)14-4-3-11(5-6-19)8-13(14)15(16,17)18/h3-4,8,10,12H,5-7,9,19H2,1-2H3. The van der Waals surface area contributed by atoms with Gasteiger partial charge in [-0.05, 0) is 48.9 Å². The molecular weight excluding hydrogens is 265 g/mol. The van der Waals surface area contributed by atoms with Crippen molar-refractivity contribution in [2.45, 2.75) is 25.9 Å². The minimum Gasteiger partial charge on any atom is -0.374 e. The first-order chi connectivity index (χ1) is 9.32. The summed E-state index contributed by atoms with van der Waals surface area (Å²) in [4.78, 5) is 1.73. The fourth-order valence-electron chi connectivity index (χ4n) is 2.57. The van der Waals surface area contributed by atoms with Gasteiger partial charge < -0.3 is 10.6 Å². The fourth-order valence-corrected chi connectivity index (χ4v) is 2.57. The SMILES string of the molecule is CC1CC1CN(C)c1ccc(CCN)cc1C(F)(F)F. The van der Waals surface area contributed by atoms with Crippen LogP contribution in [0.5, 0.6) is 0 Å². The van der Waals surface area contributed by atoms with E-state index in [-0.39, 0.29) is 5.69 Å². The third kappa shape index (κ3) is 3.45. The van der Waals surface area contributed by atoms with E-state index in [1.54, 1.807) is 24.1 Å². The van der Waals surface area contributed by atoms with Crippen LogP contribution in [-0.2, 0) is 12.6 Å². The molecule has 1 aliphatic carbocycles. The zero-order chi connectivity index (χ0) is 14.9. The van der Waals surface area contributed by atoms with E-state index in [0.717, 1.165) is 6.42 Å². The monoisotopic (exact) mass is 286 g/mol. The van der Waals surface area contributed by atoms with Crippen LogP contribution in [0.25, 0.3) is 0 Å². The molecule has 1 aromatic carbocycles. The Morgan fingerprint density at radius 1 is 1.35 bits per heavy atom. The van der Waals surface area contributed by atoms with Crippen molar-refractivity contribution in [3.63, 3.8) is 0 Å². The van der Waals surface area contributed by atoms with Crippen molar-refractivity contribution >= 4 is 5.69 Å². The molecule has 0 saturated heterocycles. The van der Waals surface area contributed by atoms with Crippen molar-refractivity contribution in [3.8, 4) is 0 Å². The highest BCUT2D eigenvalue weighted by atomic mass is 19.4. The van der Waals surface area contributed by atoms with Crippen LogP contribution in [0.1, 0.15) is 24.5 Å². The highest BCUT2D eigenvalue weighted by molar-refractivity contribution is 5.56. The zero-order valence-electron chi connectivity index (χ0n) is 11.9. The minimum absolute atomic E-state index is 0.261. The number of anilines is 1. The predicted octanol–water partition coefficient (Wildman–Crippen LogP) is 3.30.